The van der Waals surface area contributed by atoms with Crippen LogP contribution < -0.4 is 5.73 Å². The zero-order chi connectivity index (χ0) is 15.1. The van der Waals surface area contributed by atoms with Gasteiger partial charge in [-0.15, -0.1) is 0 Å². The van der Waals surface area contributed by atoms with Crippen molar-refractivity contribution < 1.29 is 9.47 Å². The van der Waals surface area contributed by atoms with E-state index in [0.29, 0.717) is 13.2 Å². The number of fused-ring (bicyclic) bond motifs is 1. The zero-order valence-electron chi connectivity index (χ0n) is 13.0. The lowest BCUT2D eigenvalue weighted by atomic mass is 10.1. The monoisotopic (exact) mass is 290 g/mol. The van der Waals surface area contributed by atoms with Crippen molar-refractivity contribution in [3.8, 4) is 0 Å². The summed E-state index contributed by atoms with van der Waals surface area (Å²) in [5.41, 5.74) is 8.57. The Morgan fingerprint density at radius 2 is 2.00 bits per heavy atom. The first-order valence-electron chi connectivity index (χ1n) is 7.61. The largest absolute Gasteiger partial charge is 0.382 e. The Bertz CT molecular complexity index is 549. The van der Waals surface area contributed by atoms with Crippen LogP contribution in [0.5, 0.6) is 0 Å². The quantitative estimate of drug-likeness (QED) is 0.722. The zero-order valence-corrected chi connectivity index (χ0v) is 13.0. The predicted molar refractivity (Wildman–Crippen MR) is 86.6 cm³/mol. The highest BCUT2D eigenvalue weighted by Gasteiger charge is 2.09. The summed E-state index contributed by atoms with van der Waals surface area (Å²) in [5.74, 6) is 0. The summed E-state index contributed by atoms with van der Waals surface area (Å²) in [6, 6.07) is 8.71. The number of aryl methyl sites for hydroxylation is 1. The minimum atomic E-state index is 0.182. The van der Waals surface area contributed by atoms with Crippen molar-refractivity contribution in [1.82, 2.24) is 4.57 Å². The lowest BCUT2D eigenvalue weighted by molar-refractivity contribution is 0.0681. The molecule has 0 aliphatic rings. The molecule has 0 spiro atoms. The third-order valence-corrected chi connectivity index (χ3v) is 3.53. The smallest absolute Gasteiger partial charge is 0.0700 e. The molecule has 2 aromatic rings. The van der Waals surface area contributed by atoms with E-state index < -0.39 is 0 Å². The van der Waals surface area contributed by atoms with Gasteiger partial charge in [0, 0.05) is 43.4 Å². The number of rotatable bonds is 9. The molecule has 0 amide bonds. The van der Waals surface area contributed by atoms with Gasteiger partial charge < -0.3 is 19.8 Å². The van der Waals surface area contributed by atoms with Gasteiger partial charge in [-0.05, 0) is 31.4 Å². The molecule has 1 aromatic heterocycles. The predicted octanol–water partition coefficient (Wildman–Crippen LogP) is 2.58. The summed E-state index contributed by atoms with van der Waals surface area (Å²) in [6.07, 6.45) is 4.15. The first kappa shape index (κ1) is 16.0. The second-order valence-corrected chi connectivity index (χ2v) is 5.51. The van der Waals surface area contributed by atoms with Crippen LogP contribution in [0.25, 0.3) is 10.9 Å². The molecule has 0 bridgehead atoms. The molecule has 1 heterocycles. The third kappa shape index (κ3) is 4.56. The van der Waals surface area contributed by atoms with Gasteiger partial charge in [0.05, 0.1) is 13.2 Å². The first-order valence-corrected chi connectivity index (χ1v) is 7.61. The summed E-state index contributed by atoms with van der Waals surface area (Å²) < 4.78 is 12.8. The molecule has 1 aromatic carbocycles. The molecule has 0 radical (unpaired) electrons. The van der Waals surface area contributed by atoms with Crippen LogP contribution in [0.2, 0.25) is 0 Å². The Kier molecular flexibility index (Phi) is 6.23. The first-order chi connectivity index (χ1) is 10.2. The Balaban J connectivity index is 1.99. The van der Waals surface area contributed by atoms with Gasteiger partial charge in [-0.25, -0.2) is 0 Å². The van der Waals surface area contributed by atoms with Gasteiger partial charge in [-0.1, -0.05) is 18.2 Å². The van der Waals surface area contributed by atoms with Crippen LogP contribution in [0, 0.1) is 0 Å². The van der Waals surface area contributed by atoms with Gasteiger partial charge in [0.25, 0.3) is 0 Å². The summed E-state index contributed by atoms with van der Waals surface area (Å²) >= 11 is 0. The van der Waals surface area contributed by atoms with E-state index in [0.717, 1.165) is 26.0 Å². The van der Waals surface area contributed by atoms with Gasteiger partial charge >= 0.3 is 0 Å². The van der Waals surface area contributed by atoms with Crippen LogP contribution in [-0.2, 0) is 22.4 Å². The SMILES string of the molecule is COCCOCCCn1cc(CC(C)N)c2ccccc21. The minimum absolute atomic E-state index is 0.182. The van der Waals surface area contributed by atoms with Crippen molar-refractivity contribution in [3.05, 3.63) is 36.0 Å². The summed E-state index contributed by atoms with van der Waals surface area (Å²) in [6.45, 7) is 5.10. The minimum Gasteiger partial charge on any atom is -0.382 e. The van der Waals surface area contributed by atoms with Crippen molar-refractivity contribution in [1.29, 1.82) is 0 Å². The van der Waals surface area contributed by atoms with Gasteiger partial charge in [-0.3, -0.25) is 0 Å². The van der Waals surface area contributed by atoms with E-state index in [9.17, 15) is 0 Å². The van der Waals surface area contributed by atoms with E-state index in [1.165, 1.54) is 16.5 Å². The number of aromatic nitrogens is 1. The average Bonchev–Trinajstić information content (AvgIpc) is 2.81. The van der Waals surface area contributed by atoms with Crippen LogP contribution in [0.15, 0.2) is 30.5 Å². The highest BCUT2D eigenvalue weighted by molar-refractivity contribution is 5.84. The number of nitrogens with two attached hydrogens (primary N) is 1. The van der Waals surface area contributed by atoms with Crippen molar-refractivity contribution >= 4 is 10.9 Å². The highest BCUT2D eigenvalue weighted by Crippen LogP contribution is 2.22. The summed E-state index contributed by atoms with van der Waals surface area (Å²) in [4.78, 5) is 0. The van der Waals surface area contributed by atoms with Gasteiger partial charge in [0.15, 0.2) is 0 Å². The van der Waals surface area contributed by atoms with Gasteiger partial charge in [0.1, 0.15) is 0 Å². The number of benzene rings is 1. The maximum atomic E-state index is 5.95. The van der Waals surface area contributed by atoms with Crippen molar-refractivity contribution in [2.24, 2.45) is 5.73 Å². The van der Waals surface area contributed by atoms with Crippen LogP contribution in [0.3, 0.4) is 0 Å². The third-order valence-electron chi connectivity index (χ3n) is 3.53. The molecule has 1 atom stereocenters. The molecular weight excluding hydrogens is 264 g/mol. The maximum Gasteiger partial charge on any atom is 0.0700 e. The molecule has 21 heavy (non-hydrogen) atoms. The van der Waals surface area contributed by atoms with Crippen LogP contribution in [-0.4, -0.2) is 37.5 Å². The van der Waals surface area contributed by atoms with E-state index in [1.807, 2.05) is 0 Å². The van der Waals surface area contributed by atoms with Crippen LogP contribution >= 0.6 is 0 Å². The Labute approximate surface area is 126 Å². The van der Waals surface area contributed by atoms with Gasteiger partial charge in [-0.2, -0.15) is 0 Å². The fourth-order valence-corrected chi connectivity index (χ4v) is 2.60. The molecule has 0 fully saturated rings. The lowest BCUT2D eigenvalue weighted by Crippen LogP contribution is -2.17. The highest BCUT2D eigenvalue weighted by atomic mass is 16.5. The molecule has 1 unspecified atom stereocenters. The van der Waals surface area contributed by atoms with E-state index in [2.05, 4.69) is 42.0 Å². The van der Waals surface area contributed by atoms with Gasteiger partial charge in [0.2, 0.25) is 0 Å². The van der Waals surface area contributed by atoms with Crippen molar-refractivity contribution in [3.63, 3.8) is 0 Å². The van der Waals surface area contributed by atoms with E-state index >= 15 is 0 Å². The number of hydrogen-bond acceptors (Lipinski definition) is 3. The molecule has 0 aliphatic heterocycles. The molecule has 0 aliphatic carbocycles. The van der Waals surface area contributed by atoms with Crippen molar-refractivity contribution in [2.75, 3.05) is 26.9 Å². The normalized spacial score (nSPS) is 12.9. The number of para-hydroxylation sites is 1. The van der Waals surface area contributed by atoms with E-state index in [-0.39, 0.29) is 6.04 Å². The number of nitrogens with zero attached hydrogens (tertiary/aromatic N) is 1. The second kappa shape index (κ2) is 8.17. The van der Waals surface area contributed by atoms with Crippen LogP contribution in [0.4, 0.5) is 0 Å². The molecule has 2 rings (SSSR count). The van der Waals surface area contributed by atoms with E-state index in [1.54, 1.807) is 7.11 Å². The molecule has 4 nitrogen and oxygen atoms in total. The molecule has 116 valence electrons. The molecule has 2 N–H and O–H groups in total. The van der Waals surface area contributed by atoms with Crippen molar-refractivity contribution in [2.45, 2.75) is 32.4 Å². The summed E-state index contributed by atoms with van der Waals surface area (Å²) in [5, 5.41) is 1.31. The fourth-order valence-electron chi connectivity index (χ4n) is 2.60. The lowest BCUT2D eigenvalue weighted by Gasteiger charge is -2.06. The Morgan fingerprint density at radius 3 is 2.76 bits per heavy atom. The topological polar surface area (TPSA) is 49.4 Å². The fraction of sp³-hybridized carbons (Fsp3) is 0.529. The molecule has 0 saturated heterocycles. The molecular formula is C17H26N2O2. The number of methoxy groups -OCH3 is 1. The number of hydrogen-bond donors (Lipinski definition) is 1. The Hall–Kier alpha value is -1.36. The number of ether oxygens (including phenoxy) is 2. The van der Waals surface area contributed by atoms with Crippen LogP contribution in [0.1, 0.15) is 18.9 Å². The van der Waals surface area contributed by atoms with E-state index in [4.69, 9.17) is 15.2 Å². The average molecular weight is 290 g/mol. The summed E-state index contributed by atoms with van der Waals surface area (Å²) in [7, 11) is 1.69. The second-order valence-electron chi connectivity index (χ2n) is 5.51. The standard InChI is InChI=1S/C17H26N2O2/c1-14(18)12-15-13-19(8-5-9-21-11-10-20-2)17-7-4-3-6-16(15)17/h3-4,6-7,13-14H,5,8-12,18H2,1-2H3. The molecule has 0 saturated carbocycles. The maximum absolute atomic E-state index is 5.95. The Morgan fingerprint density at radius 1 is 1.19 bits per heavy atom. The molecule has 4 heteroatoms.